The number of carbonyl (C=O) groups is 1. The van der Waals surface area contributed by atoms with Crippen molar-refractivity contribution in [3.8, 4) is 0 Å². The summed E-state index contributed by atoms with van der Waals surface area (Å²) in [6.07, 6.45) is 70.2. The Hall–Kier alpha value is -1.91. The Balaban J connectivity index is 3.43. The number of carbonyl (C=O) groups excluding carboxylic acids is 1. The molecule has 344 valence electrons. The number of hydrogen-bond acceptors (Lipinski definition) is 4. The van der Waals surface area contributed by atoms with Gasteiger partial charge in [0.2, 0.25) is 0 Å². The lowest BCUT2D eigenvalue weighted by molar-refractivity contribution is -0.154. The first-order valence-electron chi connectivity index (χ1n) is 25.9. The summed E-state index contributed by atoms with van der Waals surface area (Å²) >= 11 is 0. The molecule has 4 nitrogen and oxygen atoms in total. The van der Waals surface area contributed by atoms with E-state index in [0.717, 1.165) is 38.5 Å². The minimum atomic E-state index is -0.542. The Labute approximate surface area is 368 Å². The fraction of sp³-hybridized carbons (Fsp3) is 0.800. The molecule has 0 saturated carbocycles. The lowest BCUT2D eigenvalue weighted by Crippen LogP contribution is -2.27. The molecule has 0 aliphatic carbocycles. The maximum absolute atomic E-state index is 12.3. The van der Waals surface area contributed by atoms with Crippen LogP contribution in [0.15, 0.2) is 60.8 Å². The van der Waals surface area contributed by atoms with Crippen LogP contribution in [0, 0.1) is 0 Å². The zero-order valence-electron chi connectivity index (χ0n) is 39.5. The van der Waals surface area contributed by atoms with Gasteiger partial charge in [-0.2, -0.15) is 0 Å². The van der Waals surface area contributed by atoms with E-state index in [2.05, 4.69) is 74.6 Å². The third kappa shape index (κ3) is 50.3. The average molecular weight is 825 g/mol. The molecule has 0 aliphatic heterocycles. The molecule has 0 aromatic rings. The topological polar surface area (TPSA) is 55.8 Å². The fourth-order valence-electron chi connectivity index (χ4n) is 7.43. The van der Waals surface area contributed by atoms with Crippen molar-refractivity contribution in [1.29, 1.82) is 0 Å². The third-order valence-electron chi connectivity index (χ3n) is 11.3. The molecule has 1 unspecified atom stereocenters. The van der Waals surface area contributed by atoms with Crippen molar-refractivity contribution in [2.24, 2.45) is 0 Å². The van der Waals surface area contributed by atoms with Gasteiger partial charge in [0.05, 0.1) is 13.2 Å². The van der Waals surface area contributed by atoms with Crippen molar-refractivity contribution in [2.75, 3.05) is 19.8 Å². The molecule has 1 N–H and O–H groups in total. The summed E-state index contributed by atoms with van der Waals surface area (Å²) in [5.74, 6) is -0.207. The van der Waals surface area contributed by atoms with Crippen LogP contribution in [-0.4, -0.2) is 37.0 Å². The number of allylic oxidation sites excluding steroid dienone is 10. The Morgan fingerprint density at radius 1 is 0.407 bits per heavy atom. The van der Waals surface area contributed by atoms with E-state index in [-0.39, 0.29) is 12.6 Å². The molecular formula is C55H100O4. The molecule has 4 heteroatoms. The number of aliphatic hydroxyl groups excluding tert-OH is 1. The van der Waals surface area contributed by atoms with E-state index < -0.39 is 6.10 Å². The van der Waals surface area contributed by atoms with Crippen LogP contribution in [0.2, 0.25) is 0 Å². The molecule has 1 atom stereocenters. The summed E-state index contributed by atoms with van der Waals surface area (Å²) in [6, 6.07) is 0. The second kappa shape index (κ2) is 52.2. The van der Waals surface area contributed by atoms with Crippen LogP contribution in [0.4, 0.5) is 0 Å². The van der Waals surface area contributed by atoms with Gasteiger partial charge >= 0.3 is 5.97 Å². The summed E-state index contributed by atoms with van der Waals surface area (Å²) in [4.78, 5) is 12.3. The molecule has 59 heavy (non-hydrogen) atoms. The molecule has 0 fully saturated rings. The first-order chi connectivity index (χ1) is 29.2. The van der Waals surface area contributed by atoms with Gasteiger partial charge in [-0.15, -0.1) is 0 Å². The summed E-state index contributed by atoms with van der Waals surface area (Å²) in [7, 11) is 0. The zero-order chi connectivity index (χ0) is 42.6. The minimum absolute atomic E-state index is 0.176. The zero-order valence-corrected chi connectivity index (χ0v) is 39.5. The highest BCUT2D eigenvalue weighted by Crippen LogP contribution is 2.15. The highest BCUT2D eigenvalue weighted by molar-refractivity contribution is 5.69. The first kappa shape index (κ1) is 57.1. The van der Waals surface area contributed by atoms with Crippen molar-refractivity contribution < 1.29 is 19.4 Å². The van der Waals surface area contributed by atoms with E-state index in [1.54, 1.807) is 0 Å². The lowest BCUT2D eigenvalue weighted by Gasteiger charge is -2.16. The van der Waals surface area contributed by atoms with Crippen molar-refractivity contribution in [3.63, 3.8) is 0 Å². The van der Waals surface area contributed by atoms with E-state index in [1.165, 1.54) is 199 Å². The van der Waals surface area contributed by atoms with E-state index in [4.69, 9.17) is 9.47 Å². The van der Waals surface area contributed by atoms with Crippen LogP contribution in [0.25, 0.3) is 0 Å². The van der Waals surface area contributed by atoms with Crippen LogP contribution in [0.1, 0.15) is 258 Å². The van der Waals surface area contributed by atoms with Gasteiger partial charge < -0.3 is 14.6 Å². The van der Waals surface area contributed by atoms with Crippen LogP contribution in [0.5, 0.6) is 0 Å². The van der Waals surface area contributed by atoms with Crippen LogP contribution >= 0.6 is 0 Å². The molecule has 0 aromatic heterocycles. The van der Waals surface area contributed by atoms with Gasteiger partial charge in [0.15, 0.2) is 0 Å². The quantitative estimate of drug-likeness (QED) is 0.0377. The summed E-state index contributed by atoms with van der Waals surface area (Å²) < 4.78 is 11.2. The van der Waals surface area contributed by atoms with Crippen molar-refractivity contribution in [3.05, 3.63) is 60.8 Å². The summed E-state index contributed by atoms with van der Waals surface area (Å²) in [5, 5.41) is 9.65. The summed E-state index contributed by atoms with van der Waals surface area (Å²) in [5.41, 5.74) is 0. The molecule has 0 spiro atoms. The molecule has 0 saturated heterocycles. The summed E-state index contributed by atoms with van der Waals surface area (Å²) in [6.45, 7) is 5.34. The highest BCUT2D eigenvalue weighted by Gasteiger charge is 2.13. The standard InChI is InChI=1S/C55H100O4/c1-3-5-7-9-11-13-15-17-19-21-23-25-27-29-31-33-35-37-39-41-43-45-47-49-51-58-53-54(52-56)59-55(57)50-48-46-44-42-40-38-36-34-32-30-28-26-24-22-20-18-16-14-12-10-8-6-4-2/h15-18,21-24,28,30,54,56H,3-14,19-20,25-27,29,31-53H2,1-2H3/b17-15-,18-16-,23-21-,24-22-,30-28-. The Kier molecular flexibility index (Phi) is 50.5. The van der Waals surface area contributed by atoms with E-state index in [0.29, 0.717) is 19.6 Å². The van der Waals surface area contributed by atoms with Gasteiger partial charge in [-0.05, 0) is 83.5 Å². The molecule has 0 rings (SSSR count). The van der Waals surface area contributed by atoms with Gasteiger partial charge in [0.25, 0.3) is 0 Å². The maximum atomic E-state index is 12.3. The number of aliphatic hydroxyl groups is 1. The Bertz CT molecular complexity index is 962. The van der Waals surface area contributed by atoms with Crippen LogP contribution < -0.4 is 0 Å². The predicted octanol–water partition coefficient (Wildman–Crippen LogP) is 17.6. The van der Waals surface area contributed by atoms with Crippen LogP contribution in [-0.2, 0) is 14.3 Å². The second-order valence-electron chi connectivity index (χ2n) is 17.2. The lowest BCUT2D eigenvalue weighted by atomic mass is 10.0. The SMILES string of the molecule is CCCCCCC/C=C\C/C=C\C/C=C\CCCCCCCCCCC(=O)OC(CO)COCCCCCCCCCCCCCC/C=C\C/C=C\CCCCCCC. The molecule has 0 aliphatic rings. The first-order valence-corrected chi connectivity index (χ1v) is 25.9. The van der Waals surface area contributed by atoms with Crippen molar-refractivity contribution in [2.45, 2.75) is 264 Å². The van der Waals surface area contributed by atoms with E-state index in [9.17, 15) is 9.90 Å². The Morgan fingerprint density at radius 3 is 1.07 bits per heavy atom. The smallest absolute Gasteiger partial charge is 0.306 e. The molecular weight excluding hydrogens is 725 g/mol. The average Bonchev–Trinajstić information content (AvgIpc) is 3.24. The second-order valence-corrected chi connectivity index (χ2v) is 17.2. The van der Waals surface area contributed by atoms with Crippen LogP contribution in [0.3, 0.4) is 0 Å². The highest BCUT2D eigenvalue weighted by atomic mass is 16.6. The van der Waals surface area contributed by atoms with Gasteiger partial charge in [0.1, 0.15) is 6.10 Å². The van der Waals surface area contributed by atoms with E-state index in [1.807, 2.05) is 0 Å². The predicted molar refractivity (Wildman–Crippen MR) is 260 cm³/mol. The third-order valence-corrected chi connectivity index (χ3v) is 11.3. The number of rotatable bonds is 48. The minimum Gasteiger partial charge on any atom is -0.457 e. The number of esters is 1. The maximum Gasteiger partial charge on any atom is 0.306 e. The monoisotopic (exact) mass is 825 g/mol. The van der Waals surface area contributed by atoms with E-state index >= 15 is 0 Å². The number of unbranched alkanes of at least 4 members (excludes halogenated alkanes) is 30. The molecule has 0 bridgehead atoms. The Morgan fingerprint density at radius 2 is 0.712 bits per heavy atom. The molecule has 0 aromatic carbocycles. The fourth-order valence-corrected chi connectivity index (χ4v) is 7.43. The van der Waals surface area contributed by atoms with Gasteiger partial charge in [-0.1, -0.05) is 229 Å². The number of ether oxygens (including phenoxy) is 2. The van der Waals surface area contributed by atoms with Crippen molar-refractivity contribution >= 4 is 5.97 Å². The number of hydrogen-bond donors (Lipinski definition) is 1. The molecule has 0 radical (unpaired) electrons. The molecule has 0 amide bonds. The van der Waals surface area contributed by atoms with Gasteiger partial charge in [-0.3, -0.25) is 4.79 Å². The van der Waals surface area contributed by atoms with Gasteiger partial charge in [0, 0.05) is 13.0 Å². The van der Waals surface area contributed by atoms with Gasteiger partial charge in [-0.25, -0.2) is 0 Å². The van der Waals surface area contributed by atoms with Crippen molar-refractivity contribution in [1.82, 2.24) is 0 Å². The molecule has 0 heterocycles. The largest absolute Gasteiger partial charge is 0.457 e. The normalized spacial score (nSPS) is 12.8.